The van der Waals surface area contributed by atoms with E-state index in [0.29, 0.717) is 12.6 Å². The third-order valence-electron chi connectivity index (χ3n) is 4.53. The summed E-state index contributed by atoms with van der Waals surface area (Å²) in [5, 5.41) is 0. The second-order valence-corrected chi connectivity index (χ2v) is 5.79. The van der Waals surface area contributed by atoms with Crippen molar-refractivity contribution in [1.29, 1.82) is 0 Å². The highest BCUT2D eigenvalue weighted by molar-refractivity contribution is 5.27. The van der Waals surface area contributed by atoms with Gasteiger partial charge in [-0.25, -0.2) is 0 Å². The van der Waals surface area contributed by atoms with Gasteiger partial charge in [-0.05, 0) is 43.4 Å². The maximum absolute atomic E-state index is 6.07. The van der Waals surface area contributed by atoms with Crippen molar-refractivity contribution in [3.8, 4) is 5.75 Å². The van der Waals surface area contributed by atoms with Crippen LogP contribution in [0.4, 0.5) is 0 Å². The number of benzene rings is 1. The first kappa shape index (κ1) is 12.9. The van der Waals surface area contributed by atoms with Gasteiger partial charge in [0.25, 0.3) is 0 Å². The average molecular weight is 260 g/mol. The summed E-state index contributed by atoms with van der Waals surface area (Å²) in [4.78, 5) is 2.65. The van der Waals surface area contributed by atoms with Crippen molar-refractivity contribution in [3.63, 3.8) is 0 Å². The molecule has 104 valence electrons. The molecule has 19 heavy (non-hydrogen) atoms. The Bertz CT molecular complexity index is 392. The Labute approximate surface area is 115 Å². The number of likely N-dealkylation sites (tertiary alicyclic amines) is 1. The van der Waals surface area contributed by atoms with Gasteiger partial charge in [-0.1, -0.05) is 18.6 Å². The molecule has 0 bridgehead atoms. The Balaban J connectivity index is 1.48. The largest absolute Gasteiger partial charge is 0.490 e. The van der Waals surface area contributed by atoms with Gasteiger partial charge in [0, 0.05) is 25.7 Å². The van der Waals surface area contributed by atoms with Gasteiger partial charge >= 0.3 is 0 Å². The minimum absolute atomic E-state index is 0.389. The first-order valence-corrected chi connectivity index (χ1v) is 7.55. The van der Waals surface area contributed by atoms with Crippen molar-refractivity contribution >= 4 is 0 Å². The van der Waals surface area contributed by atoms with E-state index in [1.54, 1.807) is 0 Å². The molecule has 0 atom stereocenters. The summed E-state index contributed by atoms with van der Waals surface area (Å²) in [6, 6.07) is 9.07. The summed E-state index contributed by atoms with van der Waals surface area (Å²) >= 11 is 0. The molecule has 0 amide bonds. The Morgan fingerprint density at radius 3 is 2.26 bits per heavy atom. The highest BCUT2D eigenvalue weighted by Crippen LogP contribution is 2.28. The third-order valence-corrected chi connectivity index (χ3v) is 4.53. The molecule has 1 heterocycles. The summed E-state index contributed by atoms with van der Waals surface area (Å²) in [6.45, 7) is 3.01. The number of piperidine rings is 1. The van der Waals surface area contributed by atoms with Crippen LogP contribution in [0.15, 0.2) is 24.3 Å². The first-order chi connectivity index (χ1) is 9.35. The molecule has 0 aromatic heterocycles. The average Bonchev–Trinajstić information content (AvgIpc) is 2.40. The molecular formula is C16H24N2O. The fourth-order valence-corrected chi connectivity index (χ4v) is 3.01. The van der Waals surface area contributed by atoms with E-state index in [2.05, 4.69) is 17.0 Å². The number of hydrogen-bond acceptors (Lipinski definition) is 3. The topological polar surface area (TPSA) is 38.5 Å². The van der Waals surface area contributed by atoms with E-state index in [1.807, 2.05) is 12.1 Å². The van der Waals surface area contributed by atoms with Crippen molar-refractivity contribution < 1.29 is 4.74 Å². The van der Waals surface area contributed by atoms with Crippen molar-refractivity contribution in [2.75, 3.05) is 13.1 Å². The van der Waals surface area contributed by atoms with Crippen molar-refractivity contribution in [2.45, 2.75) is 50.8 Å². The molecule has 1 aliphatic carbocycles. The zero-order valence-corrected chi connectivity index (χ0v) is 11.6. The molecule has 3 rings (SSSR count). The standard InChI is InChI=1S/C16H24N2O/c17-12-13-4-6-15(7-5-13)19-16-8-10-18(11-9-16)14-2-1-3-14/h4-7,14,16H,1-3,8-12,17H2. The fourth-order valence-electron chi connectivity index (χ4n) is 3.01. The van der Waals surface area contributed by atoms with Gasteiger partial charge in [0.2, 0.25) is 0 Å². The monoisotopic (exact) mass is 260 g/mol. The third kappa shape index (κ3) is 3.10. The Morgan fingerprint density at radius 2 is 1.74 bits per heavy atom. The second kappa shape index (κ2) is 5.93. The van der Waals surface area contributed by atoms with Gasteiger partial charge in [-0.2, -0.15) is 0 Å². The van der Waals surface area contributed by atoms with Crippen LogP contribution in [0.3, 0.4) is 0 Å². The number of hydrogen-bond donors (Lipinski definition) is 1. The lowest BCUT2D eigenvalue weighted by molar-refractivity contribution is 0.0493. The fraction of sp³-hybridized carbons (Fsp3) is 0.625. The van der Waals surface area contributed by atoms with Crippen molar-refractivity contribution in [3.05, 3.63) is 29.8 Å². The van der Waals surface area contributed by atoms with Crippen LogP contribution in [-0.4, -0.2) is 30.1 Å². The van der Waals surface area contributed by atoms with E-state index in [4.69, 9.17) is 10.5 Å². The lowest BCUT2D eigenvalue weighted by Gasteiger charge is -2.41. The summed E-state index contributed by atoms with van der Waals surface area (Å²) in [7, 11) is 0. The molecule has 1 aromatic carbocycles. The summed E-state index contributed by atoms with van der Waals surface area (Å²) in [5.74, 6) is 0.985. The number of nitrogens with zero attached hydrogens (tertiary/aromatic N) is 1. The van der Waals surface area contributed by atoms with Crippen LogP contribution in [0.5, 0.6) is 5.75 Å². The van der Waals surface area contributed by atoms with E-state index < -0.39 is 0 Å². The molecular weight excluding hydrogens is 236 g/mol. The second-order valence-electron chi connectivity index (χ2n) is 5.79. The molecule has 1 saturated heterocycles. The molecule has 1 aliphatic heterocycles. The predicted octanol–water partition coefficient (Wildman–Crippen LogP) is 2.54. The van der Waals surface area contributed by atoms with E-state index in [-0.39, 0.29) is 0 Å². The molecule has 3 nitrogen and oxygen atoms in total. The van der Waals surface area contributed by atoms with Crippen molar-refractivity contribution in [1.82, 2.24) is 4.90 Å². The molecule has 3 heteroatoms. The van der Waals surface area contributed by atoms with Crippen LogP contribution in [0, 0.1) is 0 Å². The van der Waals surface area contributed by atoms with Crippen molar-refractivity contribution in [2.24, 2.45) is 5.73 Å². The molecule has 0 spiro atoms. The Kier molecular flexibility index (Phi) is 4.04. The lowest BCUT2D eigenvalue weighted by Crippen LogP contribution is -2.46. The highest BCUT2D eigenvalue weighted by atomic mass is 16.5. The van der Waals surface area contributed by atoms with E-state index >= 15 is 0 Å². The highest BCUT2D eigenvalue weighted by Gasteiger charge is 2.29. The van der Waals surface area contributed by atoms with Crippen LogP contribution in [0.2, 0.25) is 0 Å². The van der Waals surface area contributed by atoms with E-state index in [1.165, 1.54) is 32.4 Å². The van der Waals surface area contributed by atoms with Gasteiger partial charge in [0.15, 0.2) is 0 Å². The van der Waals surface area contributed by atoms with E-state index in [9.17, 15) is 0 Å². The molecule has 2 fully saturated rings. The maximum atomic E-state index is 6.07. The zero-order chi connectivity index (χ0) is 13.1. The molecule has 1 saturated carbocycles. The van der Waals surface area contributed by atoms with Gasteiger partial charge in [0.05, 0.1) is 0 Å². The number of ether oxygens (including phenoxy) is 1. The number of nitrogens with two attached hydrogens (primary N) is 1. The smallest absolute Gasteiger partial charge is 0.119 e. The molecule has 0 radical (unpaired) electrons. The van der Waals surface area contributed by atoms with E-state index in [0.717, 1.165) is 30.2 Å². The normalized spacial score (nSPS) is 22.2. The SMILES string of the molecule is NCc1ccc(OC2CCN(C3CCC3)CC2)cc1. The molecule has 2 aliphatic rings. The molecule has 2 N–H and O–H groups in total. The first-order valence-electron chi connectivity index (χ1n) is 7.55. The van der Waals surface area contributed by atoms with Gasteiger partial charge in [0.1, 0.15) is 11.9 Å². The lowest BCUT2D eigenvalue weighted by atomic mass is 9.90. The zero-order valence-electron chi connectivity index (χ0n) is 11.6. The van der Waals surface area contributed by atoms with Crippen LogP contribution in [0.25, 0.3) is 0 Å². The summed E-state index contributed by atoms with van der Waals surface area (Å²) < 4.78 is 6.07. The van der Waals surface area contributed by atoms with Gasteiger partial charge in [-0.3, -0.25) is 0 Å². The Morgan fingerprint density at radius 1 is 1.05 bits per heavy atom. The molecule has 0 unspecified atom stereocenters. The van der Waals surface area contributed by atoms with Crippen LogP contribution >= 0.6 is 0 Å². The predicted molar refractivity (Wildman–Crippen MR) is 77.2 cm³/mol. The van der Waals surface area contributed by atoms with Gasteiger partial charge in [-0.15, -0.1) is 0 Å². The summed E-state index contributed by atoms with van der Waals surface area (Å²) in [5.41, 5.74) is 6.76. The van der Waals surface area contributed by atoms with Crippen LogP contribution in [0.1, 0.15) is 37.7 Å². The van der Waals surface area contributed by atoms with Crippen LogP contribution in [-0.2, 0) is 6.54 Å². The Hall–Kier alpha value is -1.06. The van der Waals surface area contributed by atoms with Crippen LogP contribution < -0.4 is 10.5 Å². The number of rotatable bonds is 4. The minimum atomic E-state index is 0.389. The summed E-state index contributed by atoms with van der Waals surface area (Å²) in [6.07, 6.45) is 6.96. The maximum Gasteiger partial charge on any atom is 0.119 e. The van der Waals surface area contributed by atoms with Gasteiger partial charge < -0.3 is 15.4 Å². The molecule has 1 aromatic rings. The minimum Gasteiger partial charge on any atom is -0.490 e. The quantitative estimate of drug-likeness (QED) is 0.904.